The second kappa shape index (κ2) is 5.53. The summed E-state index contributed by atoms with van der Waals surface area (Å²) in [5.74, 6) is 0. The van der Waals surface area contributed by atoms with E-state index in [0.717, 1.165) is 0 Å². The maximum atomic E-state index is 2.86. The van der Waals surface area contributed by atoms with Gasteiger partial charge in [0.15, 0.2) is 0 Å². The van der Waals surface area contributed by atoms with Gasteiger partial charge in [0.2, 0.25) is 0 Å². The van der Waals surface area contributed by atoms with E-state index in [-0.39, 0.29) is 0 Å². The van der Waals surface area contributed by atoms with Gasteiger partial charge in [-0.25, -0.2) is 0 Å². The summed E-state index contributed by atoms with van der Waals surface area (Å²) in [6.45, 7) is 0. The molecule has 0 saturated carbocycles. The van der Waals surface area contributed by atoms with Crippen LogP contribution in [0.1, 0.15) is 0 Å². The van der Waals surface area contributed by atoms with Crippen molar-refractivity contribution in [3.63, 3.8) is 0 Å². The van der Waals surface area contributed by atoms with E-state index in [1.54, 1.807) is 22.7 Å². The molecule has 1 N–H and O–H groups in total. The summed E-state index contributed by atoms with van der Waals surface area (Å²) < 4.78 is 0. The molecule has 76 valence electrons. The lowest BCUT2D eigenvalue weighted by Gasteiger charge is -1.84. The quantitative estimate of drug-likeness (QED) is 0.637. The molecular formula is C12H11NS2. The Labute approximate surface area is 97.0 Å². The van der Waals surface area contributed by atoms with Crippen LogP contribution in [0.3, 0.4) is 0 Å². The molecule has 0 amide bonds. The summed E-state index contributed by atoms with van der Waals surface area (Å²) in [5.41, 5.74) is 0. The standard InChI is InChI=1S/C8H6S2.C4H5N/c1-3-7(9-5-1)8-4-2-6-10-8;1-2-4-5-3-1/h1-6H;1-5H. The van der Waals surface area contributed by atoms with Crippen molar-refractivity contribution >= 4 is 22.7 Å². The summed E-state index contributed by atoms with van der Waals surface area (Å²) >= 11 is 3.58. The minimum atomic E-state index is 1.37. The molecule has 0 saturated heterocycles. The van der Waals surface area contributed by atoms with Crippen LogP contribution < -0.4 is 0 Å². The third-order valence-electron chi connectivity index (χ3n) is 1.78. The summed E-state index contributed by atoms with van der Waals surface area (Å²) in [7, 11) is 0. The van der Waals surface area contributed by atoms with Crippen LogP contribution in [0.2, 0.25) is 0 Å². The number of aromatic nitrogens is 1. The predicted molar refractivity (Wildman–Crippen MR) is 68.4 cm³/mol. The van der Waals surface area contributed by atoms with Gasteiger partial charge in [-0.1, -0.05) is 12.1 Å². The van der Waals surface area contributed by atoms with Crippen molar-refractivity contribution in [2.24, 2.45) is 0 Å². The summed E-state index contributed by atoms with van der Waals surface area (Å²) in [6, 6.07) is 12.4. The first-order valence-corrected chi connectivity index (χ1v) is 6.38. The van der Waals surface area contributed by atoms with Crippen LogP contribution in [0.5, 0.6) is 0 Å². The van der Waals surface area contributed by atoms with E-state index < -0.39 is 0 Å². The number of rotatable bonds is 1. The molecule has 3 aromatic rings. The highest BCUT2D eigenvalue weighted by atomic mass is 32.1. The molecule has 0 bridgehead atoms. The highest BCUT2D eigenvalue weighted by molar-refractivity contribution is 7.20. The number of nitrogens with one attached hydrogen (secondary N) is 1. The smallest absolute Gasteiger partial charge is 0.0442 e. The molecule has 0 spiro atoms. The molecule has 0 aromatic carbocycles. The Kier molecular flexibility index (Phi) is 3.77. The Morgan fingerprint density at radius 2 is 1.27 bits per heavy atom. The molecule has 0 atom stereocenters. The molecule has 0 aliphatic rings. The Morgan fingerprint density at radius 3 is 1.53 bits per heavy atom. The van der Waals surface area contributed by atoms with E-state index in [9.17, 15) is 0 Å². The van der Waals surface area contributed by atoms with Crippen LogP contribution in [0.4, 0.5) is 0 Å². The Hall–Kier alpha value is -1.32. The van der Waals surface area contributed by atoms with Crippen molar-refractivity contribution in [2.45, 2.75) is 0 Å². The van der Waals surface area contributed by atoms with Crippen LogP contribution in [0.15, 0.2) is 59.6 Å². The lowest BCUT2D eigenvalue weighted by Crippen LogP contribution is -1.55. The van der Waals surface area contributed by atoms with Gasteiger partial charge in [0.05, 0.1) is 0 Å². The van der Waals surface area contributed by atoms with Crippen LogP contribution in [0.25, 0.3) is 9.75 Å². The Bertz CT molecular complexity index is 388. The monoisotopic (exact) mass is 233 g/mol. The van der Waals surface area contributed by atoms with Crippen LogP contribution >= 0.6 is 22.7 Å². The van der Waals surface area contributed by atoms with Crippen molar-refractivity contribution < 1.29 is 0 Å². The second-order valence-corrected chi connectivity index (χ2v) is 4.73. The van der Waals surface area contributed by atoms with Crippen LogP contribution in [-0.2, 0) is 0 Å². The van der Waals surface area contributed by atoms with E-state index in [2.05, 4.69) is 40.0 Å². The van der Waals surface area contributed by atoms with E-state index in [1.807, 2.05) is 24.5 Å². The first kappa shape index (κ1) is 10.2. The van der Waals surface area contributed by atoms with Gasteiger partial charge in [-0.15, -0.1) is 22.7 Å². The van der Waals surface area contributed by atoms with E-state index in [0.29, 0.717) is 0 Å². The molecule has 3 heterocycles. The first-order valence-electron chi connectivity index (χ1n) is 4.62. The molecule has 3 aromatic heterocycles. The van der Waals surface area contributed by atoms with Gasteiger partial charge in [0, 0.05) is 22.1 Å². The highest BCUT2D eigenvalue weighted by Crippen LogP contribution is 2.28. The number of H-pyrrole nitrogens is 1. The fourth-order valence-electron chi connectivity index (χ4n) is 1.12. The van der Waals surface area contributed by atoms with Crippen molar-refractivity contribution in [2.75, 3.05) is 0 Å². The molecule has 0 aliphatic heterocycles. The lowest BCUT2D eigenvalue weighted by molar-refractivity contribution is 1.42. The fraction of sp³-hybridized carbons (Fsp3) is 0. The topological polar surface area (TPSA) is 15.8 Å². The SMILES string of the molecule is c1cc[nH]c1.c1csc(-c2cccs2)c1. The number of aromatic amines is 1. The first-order chi connectivity index (χ1) is 7.47. The van der Waals surface area contributed by atoms with Gasteiger partial charge in [-0.2, -0.15) is 0 Å². The summed E-state index contributed by atoms with van der Waals surface area (Å²) in [5, 5.41) is 4.21. The van der Waals surface area contributed by atoms with Gasteiger partial charge >= 0.3 is 0 Å². The maximum absolute atomic E-state index is 2.86. The third-order valence-corrected chi connectivity index (χ3v) is 3.72. The second-order valence-electron chi connectivity index (χ2n) is 2.84. The van der Waals surface area contributed by atoms with Gasteiger partial charge in [-0.3, -0.25) is 0 Å². The number of thiophene rings is 2. The molecule has 0 unspecified atom stereocenters. The lowest BCUT2D eigenvalue weighted by atomic mass is 10.4. The van der Waals surface area contributed by atoms with E-state index >= 15 is 0 Å². The minimum Gasteiger partial charge on any atom is -0.368 e. The van der Waals surface area contributed by atoms with Crippen molar-refractivity contribution in [1.82, 2.24) is 4.98 Å². The van der Waals surface area contributed by atoms with Gasteiger partial charge < -0.3 is 4.98 Å². The zero-order valence-corrected chi connectivity index (χ0v) is 9.72. The normalized spacial score (nSPS) is 9.33. The maximum Gasteiger partial charge on any atom is 0.0442 e. The highest BCUT2D eigenvalue weighted by Gasteiger charge is 1.96. The third kappa shape index (κ3) is 3.08. The number of hydrogen-bond acceptors (Lipinski definition) is 2. The van der Waals surface area contributed by atoms with E-state index in [4.69, 9.17) is 0 Å². The summed E-state index contributed by atoms with van der Waals surface area (Å²) in [6.07, 6.45) is 3.75. The minimum absolute atomic E-state index is 1.37. The average Bonchev–Trinajstić information content (AvgIpc) is 3.06. The molecule has 0 radical (unpaired) electrons. The molecule has 0 aliphatic carbocycles. The summed E-state index contributed by atoms with van der Waals surface area (Å²) in [4.78, 5) is 5.60. The zero-order valence-electron chi connectivity index (χ0n) is 8.09. The van der Waals surface area contributed by atoms with Crippen molar-refractivity contribution in [3.05, 3.63) is 59.6 Å². The van der Waals surface area contributed by atoms with Crippen LogP contribution in [-0.4, -0.2) is 4.98 Å². The van der Waals surface area contributed by atoms with E-state index in [1.165, 1.54) is 9.75 Å². The molecule has 3 heteroatoms. The fourth-order valence-corrected chi connectivity index (χ4v) is 2.69. The van der Waals surface area contributed by atoms with Crippen molar-refractivity contribution in [1.29, 1.82) is 0 Å². The Balaban J connectivity index is 0.000000144. The molecule has 0 fully saturated rings. The van der Waals surface area contributed by atoms with Crippen LogP contribution in [0, 0.1) is 0 Å². The largest absolute Gasteiger partial charge is 0.368 e. The van der Waals surface area contributed by atoms with Crippen molar-refractivity contribution in [3.8, 4) is 9.75 Å². The Morgan fingerprint density at radius 1 is 0.733 bits per heavy atom. The molecule has 3 rings (SSSR count). The average molecular weight is 233 g/mol. The predicted octanol–water partition coefficient (Wildman–Crippen LogP) is 4.49. The van der Waals surface area contributed by atoms with Gasteiger partial charge in [-0.05, 0) is 35.0 Å². The van der Waals surface area contributed by atoms with Gasteiger partial charge in [0.1, 0.15) is 0 Å². The zero-order chi connectivity index (χ0) is 10.3. The number of hydrogen-bond donors (Lipinski definition) is 1. The molecule has 15 heavy (non-hydrogen) atoms. The molecule has 1 nitrogen and oxygen atoms in total. The molecular weight excluding hydrogens is 222 g/mol. The van der Waals surface area contributed by atoms with Gasteiger partial charge in [0.25, 0.3) is 0 Å².